The number of nitrogens with one attached hydrogen (secondary N) is 1. The Bertz CT molecular complexity index is 907. The molecule has 128 valence electrons. The van der Waals surface area contributed by atoms with Crippen LogP contribution in [0.1, 0.15) is 40.6 Å². The molecule has 0 amide bonds. The summed E-state index contributed by atoms with van der Waals surface area (Å²) in [5.41, 5.74) is 5.84. The van der Waals surface area contributed by atoms with Gasteiger partial charge in [-0.15, -0.1) is 0 Å². The van der Waals surface area contributed by atoms with Crippen molar-refractivity contribution in [2.75, 3.05) is 5.32 Å². The number of rotatable bonds is 2. The number of fused-ring (bicyclic) bond motifs is 3. The number of benzene rings is 2. The molecule has 1 aliphatic heterocycles. The van der Waals surface area contributed by atoms with Crippen molar-refractivity contribution in [3.05, 3.63) is 79.9 Å². The van der Waals surface area contributed by atoms with E-state index < -0.39 is 4.92 Å². The summed E-state index contributed by atoms with van der Waals surface area (Å²) in [6, 6.07) is 9.60. The van der Waals surface area contributed by atoms with Crippen LogP contribution in [0.15, 0.2) is 42.5 Å². The highest BCUT2D eigenvalue weighted by Gasteiger charge is 2.39. The van der Waals surface area contributed by atoms with Crippen LogP contribution in [-0.4, -0.2) is 4.92 Å². The first-order valence-electron chi connectivity index (χ1n) is 8.44. The second-order valence-corrected chi connectivity index (χ2v) is 7.40. The second-order valence-electron chi connectivity index (χ2n) is 6.99. The Morgan fingerprint density at radius 1 is 1.24 bits per heavy atom. The molecule has 0 aromatic heterocycles. The third-order valence-corrected chi connectivity index (χ3v) is 5.66. The highest BCUT2D eigenvalue weighted by atomic mass is 35.5. The van der Waals surface area contributed by atoms with Crippen LogP contribution in [0.2, 0.25) is 5.02 Å². The summed E-state index contributed by atoms with van der Waals surface area (Å²) in [6.07, 6.45) is 5.47. The molecule has 1 N–H and O–H groups in total. The van der Waals surface area contributed by atoms with Gasteiger partial charge in [0.25, 0.3) is 5.69 Å². The first-order chi connectivity index (χ1) is 12.0. The highest BCUT2D eigenvalue weighted by Crippen LogP contribution is 2.51. The quantitative estimate of drug-likeness (QED) is 0.428. The Morgan fingerprint density at radius 3 is 2.80 bits per heavy atom. The minimum atomic E-state index is -0.415. The van der Waals surface area contributed by atoms with E-state index in [0.29, 0.717) is 11.8 Å². The minimum absolute atomic E-state index is 0.0323. The Kier molecular flexibility index (Phi) is 3.80. The number of aryl methyl sites for hydroxylation is 2. The maximum atomic E-state index is 11.3. The molecule has 0 fully saturated rings. The fourth-order valence-electron chi connectivity index (χ4n) is 4.27. The van der Waals surface area contributed by atoms with Crippen LogP contribution in [-0.2, 0) is 0 Å². The van der Waals surface area contributed by atoms with E-state index in [1.54, 1.807) is 12.1 Å². The number of nitro groups is 1. The summed E-state index contributed by atoms with van der Waals surface area (Å²) >= 11 is 5.99. The van der Waals surface area contributed by atoms with Crippen molar-refractivity contribution < 1.29 is 4.92 Å². The van der Waals surface area contributed by atoms with Gasteiger partial charge in [0, 0.05) is 17.7 Å². The van der Waals surface area contributed by atoms with Gasteiger partial charge in [0.1, 0.15) is 5.02 Å². The Labute approximate surface area is 151 Å². The molecule has 0 spiro atoms. The number of anilines is 1. The zero-order valence-corrected chi connectivity index (χ0v) is 14.9. The molecule has 0 unspecified atom stereocenters. The van der Waals surface area contributed by atoms with Crippen molar-refractivity contribution in [1.29, 1.82) is 0 Å². The van der Waals surface area contributed by atoms with Gasteiger partial charge in [-0.05, 0) is 48.9 Å². The monoisotopic (exact) mass is 354 g/mol. The maximum Gasteiger partial charge on any atom is 0.288 e. The first kappa shape index (κ1) is 16.2. The third-order valence-electron chi connectivity index (χ3n) is 5.34. The highest BCUT2D eigenvalue weighted by molar-refractivity contribution is 6.32. The van der Waals surface area contributed by atoms with E-state index in [2.05, 4.69) is 43.4 Å². The minimum Gasteiger partial charge on any atom is -0.377 e. The molecule has 2 aromatic carbocycles. The molecule has 0 saturated heterocycles. The van der Waals surface area contributed by atoms with Gasteiger partial charge >= 0.3 is 0 Å². The van der Waals surface area contributed by atoms with E-state index in [1.807, 2.05) is 6.07 Å². The van der Waals surface area contributed by atoms with Crippen molar-refractivity contribution in [3.63, 3.8) is 0 Å². The van der Waals surface area contributed by atoms with E-state index in [9.17, 15) is 10.1 Å². The van der Waals surface area contributed by atoms with Gasteiger partial charge in [0.2, 0.25) is 0 Å². The number of allylic oxidation sites excluding steroid dienone is 2. The topological polar surface area (TPSA) is 55.2 Å². The number of hydrogen-bond acceptors (Lipinski definition) is 3. The van der Waals surface area contributed by atoms with Crippen LogP contribution in [0.3, 0.4) is 0 Å². The van der Waals surface area contributed by atoms with E-state index >= 15 is 0 Å². The lowest BCUT2D eigenvalue weighted by atomic mass is 9.76. The fourth-order valence-corrected chi connectivity index (χ4v) is 4.45. The standard InChI is InChI=1S/C20H19ClN2O2/c1-11-8-12(2)19-16(9-11)14-4-3-5-15(14)20(22-19)13-6-7-17(21)18(10-13)23(24)25/h3-4,6-10,14-15,20,22H,5H2,1-2H3/t14-,15-,20+/m1/s1. The molecule has 3 atom stereocenters. The fraction of sp³-hybridized carbons (Fsp3) is 0.300. The van der Waals surface area contributed by atoms with E-state index in [0.717, 1.165) is 17.7 Å². The Morgan fingerprint density at radius 2 is 2.04 bits per heavy atom. The lowest BCUT2D eigenvalue weighted by molar-refractivity contribution is -0.384. The predicted molar refractivity (Wildman–Crippen MR) is 100 cm³/mol. The molecule has 1 aliphatic carbocycles. The van der Waals surface area contributed by atoms with Gasteiger partial charge < -0.3 is 5.32 Å². The molecule has 0 bridgehead atoms. The number of nitrogens with zero attached hydrogens (tertiary/aromatic N) is 1. The molecule has 1 heterocycles. The molecule has 25 heavy (non-hydrogen) atoms. The first-order valence-corrected chi connectivity index (χ1v) is 8.81. The molecule has 4 rings (SSSR count). The van der Waals surface area contributed by atoms with Crippen LogP contribution in [0, 0.1) is 29.9 Å². The summed E-state index contributed by atoms with van der Waals surface area (Å²) in [7, 11) is 0. The Balaban J connectivity index is 1.82. The zero-order valence-electron chi connectivity index (χ0n) is 14.1. The largest absolute Gasteiger partial charge is 0.377 e. The van der Waals surface area contributed by atoms with E-state index in [4.69, 9.17) is 11.6 Å². The molecule has 2 aromatic rings. The summed E-state index contributed by atoms with van der Waals surface area (Å²) in [4.78, 5) is 10.8. The SMILES string of the molecule is Cc1cc(C)c2c(c1)[C@@H]1C=CC[C@H]1[C@H](c1ccc(Cl)c([N+](=O)[O-])c1)N2. The van der Waals surface area contributed by atoms with Crippen molar-refractivity contribution in [3.8, 4) is 0 Å². The number of hydrogen-bond donors (Lipinski definition) is 1. The average Bonchev–Trinajstić information content (AvgIpc) is 3.04. The number of nitro benzene ring substituents is 1. The van der Waals surface area contributed by atoms with Crippen LogP contribution in [0.25, 0.3) is 0 Å². The maximum absolute atomic E-state index is 11.3. The molecule has 0 radical (unpaired) electrons. The molecule has 5 heteroatoms. The number of halogens is 1. The van der Waals surface area contributed by atoms with Crippen LogP contribution >= 0.6 is 11.6 Å². The summed E-state index contributed by atoms with van der Waals surface area (Å²) < 4.78 is 0. The van der Waals surface area contributed by atoms with Gasteiger partial charge in [0.05, 0.1) is 11.0 Å². The lowest BCUT2D eigenvalue weighted by Crippen LogP contribution is -2.29. The third kappa shape index (κ3) is 2.61. The average molecular weight is 355 g/mol. The second kappa shape index (κ2) is 5.88. The summed E-state index contributed by atoms with van der Waals surface area (Å²) in [5.74, 6) is 0.698. The summed E-state index contributed by atoms with van der Waals surface area (Å²) in [6.45, 7) is 4.23. The van der Waals surface area contributed by atoms with Crippen molar-refractivity contribution in [2.24, 2.45) is 5.92 Å². The van der Waals surface area contributed by atoms with Crippen LogP contribution < -0.4 is 5.32 Å². The van der Waals surface area contributed by atoms with Gasteiger partial charge in [-0.1, -0.05) is 47.5 Å². The van der Waals surface area contributed by atoms with Crippen molar-refractivity contribution in [2.45, 2.75) is 32.2 Å². The molecule has 4 nitrogen and oxygen atoms in total. The van der Waals surface area contributed by atoms with E-state index in [1.165, 1.54) is 16.7 Å². The van der Waals surface area contributed by atoms with Crippen molar-refractivity contribution in [1.82, 2.24) is 0 Å². The zero-order chi connectivity index (χ0) is 17.7. The lowest BCUT2D eigenvalue weighted by Gasteiger charge is -2.38. The smallest absolute Gasteiger partial charge is 0.288 e. The van der Waals surface area contributed by atoms with Crippen LogP contribution in [0.5, 0.6) is 0 Å². The van der Waals surface area contributed by atoms with Crippen molar-refractivity contribution >= 4 is 23.0 Å². The van der Waals surface area contributed by atoms with Gasteiger partial charge in [0.15, 0.2) is 0 Å². The van der Waals surface area contributed by atoms with Gasteiger partial charge in [-0.2, -0.15) is 0 Å². The predicted octanol–water partition coefficient (Wildman–Crippen LogP) is 5.69. The molecule has 2 aliphatic rings. The normalized spacial score (nSPS) is 23.7. The van der Waals surface area contributed by atoms with Gasteiger partial charge in [-0.25, -0.2) is 0 Å². The summed E-state index contributed by atoms with van der Waals surface area (Å²) in [5, 5.41) is 15.1. The molecular formula is C20H19ClN2O2. The van der Waals surface area contributed by atoms with E-state index in [-0.39, 0.29) is 16.8 Å². The van der Waals surface area contributed by atoms with Gasteiger partial charge in [-0.3, -0.25) is 10.1 Å². The van der Waals surface area contributed by atoms with Crippen LogP contribution in [0.4, 0.5) is 11.4 Å². The molecule has 0 saturated carbocycles. The molecular weight excluding hydrogens is 336 g/mol. The Hall–Kier alpha value is -2.33.